The minimum Gasteiger partial charge on any atom is -0.409 e. The summed E-state index contributed by atoms with van der Waals surface area (Å²) in [4.78, 5) is 33.1. The van der Waals surface area contributed by atoms with Crippen molar-refractivity contribution in [3.63, 3.8) is 0 Å². The van der Waals surface area contributed by atoms with Gasteiger partial charge in [0, 0.05) is 44.9 Å². The molecule has 0 aromatic heterocycles. The maximum absolute atomic E-state index is 13.9. The highest BCUT2D eigenvalue weighted by molar-refractivity contribution is 8.18. The number of amidine groups is 1. The van der Waals surface area contributed by atoms with Crippen LogP contribution in [-0.4, -0.2) is 78.3 Å². The van der Waals surface area contributed by atoms with Gasteiger partial charge in [0.25, 0.3) is 5.91 Å². The Kier molecular flexibility index (Phi) is 8.66. The lowest BCUT2D eigenvalue weighted by atomic mass is 10.2. The quantitative estimate of drug-likeness (QED) is 0.623. The monoisotopic (exact) mass is 463 g/mol. The van der Waals surface area contributed by atoms with Crippen LogP contribution in [0.2, 0.25) is 0 Å². The molecule has 1 N–H and O–H groups in total. The van der Waals surface area contributed by atoms with Gasteiger partial charge < -0.3 is 14.5 Å². The molecule has 1 saturated heterocycles. The second-order valence-corrected chi connectivity index (χ2v) is 8.58. The van der Waals surface area contributed by atoms with Crippen LogP contribution in [0.5, 0.6) is 5.75 Å². The predicted molar refractivity (Wildman–Crippen MR) is 125 cm³/mol. The van der Waals surface area contributed by atoms with Crippen molar-refractivity contribution in [3.05, 3.63) is 34.5 Å². The molecule has 1 aromatic carbocycles. The van der Waals surface area contributed by atoms with Crippen LogP contribution in [0.25, 0.3) is 6.08 Å². The maximum atomic E-state index is 13.9. The fraction of sp³-hybridized carbons (Fsp3) is 0.500. The van der Waals surface area contributed by atoms with E-state index >= 15 is 0 Å². The number of thioether (sulfide) groups is 1. The lowest BCUT2D eigenvalue weighted by molar-refractivity contribution is -0.113. The first kappa shape index (κ1) is 24.2. The Morgan fingerprint density at radius 3 is 2.78 bits per heavy atom. The molecule has 0 aliphatic carbocycles. The smallest absolute Gasteiger partial charge is 0.409 e. The number of hydrazine groups is 1. The summed E-state index contributed by atoms with van der Waals surface area (Å²) >= 11 is 1.25. The van der Waals surface area contributed by atoms with E-state index in [4.69, 9.17) is 4.74 Å². The number of hydrogen-bond acceptors (Lipinski definition) is 7. The molecule has 0 unspecified atom stereocenters. The van der Waals surface area contributed by atoms with E-state index in [1.807, 2.05) is 5.01 Å². The zero-order chi connectivity index (χ0) is 23.1. The Hall–Kier alpha value is -2.43. The van der Waals surface area contributed by atoms with E-state index in [9.17, 15) is 14.0 Å². The van der Waals surface area contributed by atoms with Gasteiger partial charge in [-0.15, -0.1) is 0 Å². The average molecular weight is 464 g/mol. The lowest BCUT2D eigenvalue weighted by Crippen LogP contribution is -2.45. The van der Waals surface area contributed by atoms with Crippen molar-refractivity contribution in [1.29, 1.82) is 0 Å². The lowest BCUT2D eigenvalue weighted by Gasteiger charge is -2.28. The van der Waals surface area contributed by atoms with Crippen molar-refractivity contribution >= 4 is 35.0 Å². The van der Waals surface area contributed by atoms with E-state index < -0.39 is 11.9 Å². The van der Waals surface area contributed by atoms with Crippen LogP contribution in [0.15, 0.2) is 28.1 Å². The van der Waals surface area contributed by atoms with Gasteiger partial charge in [-0.3, -0.25) is 9.80 Å². The van der Waals surface area contributed by atoms with E-state index in [0.29, 0.717) is 28.7 Å². The van der Waals surface area contributed by atoms with Gasteiger partial charge >= 0.3 is 6.09 Å². The number of likely N-dealkylation sites (N-methyl/N-ethyl adjacent to an activating group) is 2. The minimum absolute atomic E-state index is 0.0649. The van der Waals surface area contributed by atoms with E-state index in [1.165, 1.54) is 28.8 Å². The minimum atomic E-state index is -0.581. The highest BCUT2D eigenvalue weighted by atomic mass is 32.2. The number of nitrogens with zero attached hydrogens (tertiary/aromatic N) is 4. The van der Waals surface area contributed by atoms with Crippen molar-refractivity contribution in [1.82, 2.24) is 20.2 Å². The molecule has 0 saturated carbocycles. The summed E-state index contributed by atoms with van der Waals surface area (Å²) in [5, 5.41) is 2.47. The Labute approximate surface area is 192 Å². The highest BCUT2D eigenvalue weighted by Gasteiger charge is 2.27. The van der Waals surface area contributed by atoms with Gasteiger partial charge in [-0.1, -0.05) is 13.8 Å². The van der Waals surface area contributed by atoms with E-state index in [2.05, 4.69) is 29.2 Å². The molecule has 10 heteroatoms. The van der Waals surface area contributed by atoms with E-state index in [-0.39, 0.29) is 11.7 Å². The Balaban J connectivity index is 1.70. The average Bonchev–Trinajstić information content (AvgIpc) is 3.17. The first-order chi connectivity index (χ1) is 15.4. The Morgan fingerprint density at radius 2 is 2.09 bits per heavy atom. The second kappa shape index (κ2) is 11.4. The summed E-state index contributed by atoms with van der Waals surface area (Å²) in [6.07, 6.45) is 3.12. The van der Waals surface area contributed by atoms with Gasteiger partial charge in [0.05, 0.1) is 4.91 Å². The molecule has 2 aliphatic rings. The number of halogens is 1. The zero-order valence-corrected chi connectivity index (χ0v) is 19.6. The molecule has 2 aliphatic heterocycles. The van der Waals surface area contributed by atoms with Gasteiger partial charge in [0.2, 0.25) is 0 Å². The number of ether oxygens (including phenoxy) is 1. The Bertz CT molecular complexity index is 898. The third kappa shape index (κ3) is 6.30. The number of nitrogens with one attached hydrogen (secondary N) is 1. The third-order valence-electron chi connectivity index (χ3n) is 5.37. The number of rotatable bonds is 7. The van der Waals surface area contributed by atoms with Gasteiger partial charge in [-0.2, -0.15) is 4.99 Å². The normalized spacial score (nSPS) is 17.8. The van der Waals surface area contributed by atoms with Crippen LogP contribution in [0, 0.1) is 5.82 Å². The molecule has 0 spiro atoms. The van der Waals surface area contributed by atoms with Crippen LogP contribution >= 0.6 is 11.8 Å². The fourth-order valence-corrected chi connectivity index (χ4v) is 4.23. The summed E-state index contributed by atoms with van der Waals surface area (Å²) in [6, 6.07) is 3.91. The van der Waals surface area contributed by atoms with Crippen LogP contribution in [-0.2, 0) is 4.79 Å². The molecule has 0 radical (unpaired) electrons. The second-order valence-electron chi connectivity index (χ2n) is 7.58. The standard InChI is InChI=1S/C22H30FN5O3S/c1-4-27(5-2)13-12-26(3)22(30)31-18-15-17(23)9-8-16(18)14-19-20(29)25-21(32-19)28-11-7-6-10-24-28/h8-9,14-15,24H,4-7,10-13H2,1-3H3/b19-14-. The molecule has 2 amide bonds. The molecule has 32 heavy (non-hydrogen) atoms. The summed E-state index contributed by atoms with van der Waals surface area (Å²) in [5.74, 6) is -0.828. The summed E-state index contributed by atoms with van der Waals surface area (Å²) in [5.41, 5.74) is 3.67. The van der Waals surface area contributed by atoms with Crippen molar-refractivity contribution in [2.45, 2.75) is 26.7 Å². The molecular formula is C22H30FN5O3S. The topological polar surface area (TPSA) is 77.5 Å². The van der Waals surface area contributed by atoms with E-state index in [1.54, 1.807) is 13.1 Å². The molecule has 8 nitrogen and oxygen atoms in total. The predicted octanol–water partition coefficient (Wildman–Crippen LogP) is 3.17. The number of carbonyl (C=O) groups excluding carboxylic acids is 2. The molecule has 0 atom stereocenters. The Morgan fingerprint density at radius 1 is 1.31 bits per heavy atom. The molecule has 3 rings (SSSR count). The number of benzene rings is 1. The van der Waals surface area contributed by atoms with Gasteiger partial charge in [0.15, 0.2) is 5.17 Å². The van der Waals surface area contributed by atoms with Crippen molar-refractivity contribution in [2.24, 2.45) is 4.99 Å². The first-order valence-electron chi connectivity index (χ1n) is 10.9. The van der Waals surface area contributed by atoms with Crippen LogP contribution in [0.4, 0.5) is 9.18 Å². The van der Waals surface area contributed by atoms with Gasteiger partial charge in [-0.05, 0) is 55.9 Å². The molecule has 1 aromatic rings. The molecule has 0 bridgehead atoms. The van der Waals surface area contributed by atoms with Crippen molar-refractivity contribution < 1.29 is 18.7 Å². The molecule has 2 heterocycles. The summed E-state index contributed by atoms with van der Waals surface area (Å²) in [6.45, 7) is 8.74. The van der Waals surface area contributed by atoms with Crippen molar-refractivity contribution in [3.8, 4) is 5.75 Å². The fourth-order valence-electron chi connectivity index (χ4n) is 3.32. The van der Waals surface area contributed by atoms with Crippen LogP contribution in [0.3, 0.4) is 0 Å². The molecule has 174 valence electrons. The largest absolute Gasteiger partial charge is 0.415 e. The van der Waals surface area contributed by atoms with Gasteiger partial charge in [-0.25, -0.2) is 14.6 Å². The van der Waals surface area contributed by atoms with Crippen molar-refractivity contribution in [2.75, 3.05) is 46.3 Å². The van der Waals surface area contributed by atoms with Crippen LogP contribution < -0.4 is 10.2 Å². The molecule has 1 fully saturated rings. The number of amides is 2. The first-order valence-corrected chi connectivity index (χ1v) is 11.7. The van der Waals surface area contributed by atoms with Gasteiger partial charge in [0.1, 0.15) is 11.6 Å². The number of hydrogen-bond donors (Lipinski definition) is 1. The van der Waals surface area contributed by atoms with Crippen LogP contribution in [0.1, 0.15) is 32.3 Å². The SMILES string of the molecule is CCN(CC)CCN(C)C(=O)Oc1cc(F)ccc1/C=C1\SC(N2CCCCN2)=NC1=O. The number of aliphatic imine (C=N–C) groups is 1. The molecular weight excluding hydrogens is 433 g/mol. The highest BCUT2D eigenvalue weighted by Crippen LogP contribution is 2.33. The summed E-state index contributed by atoms with van der Waals surface area (Å²) < 4.78 is 19.4. The zero-order valence-electron chi connectivity index (χ0n) is 18.8. The third-order valence-corrected chi connectivity index (χ3v) is 6.38. The van der Waals surface area contributed by atoms with E-state index in [0.717, 1.165) is 45.1 Å². The summed E-state index contributed by atoms with van der Waals surface area (Å²) in [7, 11) is 1.64. The maximum Gasteiger partial charge on any atom is 0.415 e. The number of carbonyl (C=O) groups is 2.